The van der Waals surface area contributed by atoms with E-state index in [0.29, 0.717) is 28.9 Å². The van der Waals surface area contributed by atoms with Crippen molar-refractivity contribution in [2.45, 2.75) is 18.9 Å². The fourth-order valence-electron chi connectivity index (χ4n) is 3.52. The number of nitrogen functional groups attached to an aromatic ring is 1. The van der Waals surface area contributed by atoms with Gasteiger partial charge in [0.05, 0.1) is 22.4 Å². The maximum atomic E-state index is 11.4. The van der Waals surface area contributed by atoms with Crippen LogP contribution in [-0.4, -0.2) is 35.4 Å². The lowest BCUT2D eigenvalue weighted by atomic mass is 10.00. The van der Waals surface area contributed by atoms with Gasteiger partial charge in [0.1, 0.15) is 0 Å². The van der Waals surface area contributed by atoms with Gasteiger partial charge in [-0.25, -0.2) is 4.79 Å². The zero-order valence-corrected chi connectivity index (χ0v) is 11.7. The van der Waals surface area contributed by atoms with Gasteiger partial charge in [-0.3, -0.25) is 0 Å². The van der Waals surface area contributed by atoms with Crippen molar-refractivity contribution >= 4 is 28.9 Å². The van der Waals surface area contributed by atoms with E-state index in [1.54, 1.807) is 6.07 Å². The highest BCUT2D eigenvalue weighted by molar-refractivity contribution is 6.34. The van der Waals surface area contributed by atoms with E-state index in [2.05, 4.69) is 0 Å². The molecule has 3 unspecified atom stereocenters. The second-order valence-electron chi connectivity index (χ2n) is 5.68. The van der Waals surface area contributed by atoms with Crippen LogP contribution in [0.4, 0.5) is 11.4 Å². The van der Waals surface area contributed by atoms with Crippen LogP contribution >= 0.6 is 11.6 Å². The molecule has 1 saturated carbocycles. The maximum absolute atomic E-state index is 11.4. The van der Waals surface area contributed by atoms with Crippen LogP contribution in [-0.2, 0) is 0 Å². The molecule has 0 radical (unpaired) electrons. The maximum Gasteiger partial charge on any atom is 0.337 e. The molecule has 1 aromatic carbocycles. The Labute approximate surface area is 121 Å². The van der Waals surface area contributed by atoms with Gasteiger partial charge in [0.25, 0.3) is 0 Å². The fraction of sp³-hybridized carbons (Fsp3) is 0.500. The fourth-order valence-corrected chi connectivity index (χ4v) is 3.87. The second kappa shape index (κ2) is 4.82. The molecule has 108 valence electrons. The van der Waals surface area contributed by atoms with Gasteiger partial charge in [-0.15, -0.1) is 0 Å². The van der Waals surface area contributed by atoms with Crippen LogP contribution < -0.4 is 10.6 Å². The lowest BCUT2D eigenvalue weighted by molar-refractivity contribution is 0.0697. The van der Waals surface area contributed by atoms with E-state index in [9.17, 15) is 15.0 Å². The Morgan fingerprint density at radius 1 is 1.35 bits per heavy atom. The monoisotopic (exact) mass is 296 g/mol. The summed E-state index contributed by atoms with van der Waals surface area (Å²) in [6.07, 6.45) is 1.53. The van der Waals surface area contributed by atoms with Gasteiger partial charge in [-0.2, -0.15) is 0 Å². The van der Waals surface area contributed by atoms with Crippen molar-refractivity contribution in [3.63, 3.8) is 0 Å². The van der Waals surface area contributed by atoms with Crippen LogP contribution in [0.15, 0.2) is 12.1 Å². The third-order valence-corrected chi connectivity index (χ3v) is 4.74. The van der Waals surface area contributed by atoms with Crippen LogP contribution in [0.2, 0.25) is 5.02 Å². The third-order valence-electron chi connectivity index (χ3n) is 4.45. The minimum Gasteiger partial charge on any atom is -0.478 e. The molecule has 0 aromatic heterocycles. The summed E-state index contributed by atoms with van der Waals surface area (Å²) < 4.78 is 0. The molecule has 0 spiro atoms. The normalized spacial score (nSPS) is 28.7. The third kappa shape index (κ3) is 2.11. The number of fused-ring (bicyclic) bond motifs is 1. The van der Waals surface area contributed by atoms with Crippen molar-refractivity contribution in [1.82, 2.24) is 0 Å². The van der Waals surface area contributed by atoms with Gasteiger partial charge in [-0.1, -0.05) is 11.6 Å². The largest absolute Gasteiger partial charge is 0.478 e. The number of aliphatic hydroxyl groups excluding tert-OH is 1. The van der Waals surface area contributed by atoms with Crippen LogP contribution in [0.3, 0.4) is 0 Å². The van der Waals surface area contributed by atoms with Crippen LogP contribution in [0.5, 0.6) is 0 Å². The number of nitrogens with zero attached hydrogens (tertiary/aromatic N) is 1. The summed E-state index contributed by atoms with van der Waals surface area (Å²) in [7, 11) is 0. The molecule has 5 nitrogen and oxygen atoms in total. The summed E-state index contributed by atoms with van der Waals surface area (Å²) in [5.41, 5.74) is 6.67. The van der Waals surface area contributed by atoms with E-state index in [0.717, 1.165) is 19.4 Å². The van der Waals surface area contributed by atoms with Gasteiger partial charge in [0, 0.05) is 24.7 Å². The highest BCUT2D eigenvalue weighted by atomic mass is 35.5. The van der Waals surface area contributed by atoms with Crippen molar-refractivity contribution in [2.24, 2.45) is 11.8 Å². The number of aromatic carboxylic acids is 1. The molecule has 0 bridgehead atoms. The molecule has 1 aliphatic carbocycles. The number of hydrogen-bond donors (Lipinski definition) is 3. The molecule has 1 heterocycles. The van der Waals surface area contributed by atoms with E-state index in [-0.39, 0.29) is 17.6 Å². The van der Waals surface area contributed by atoms with Crippen molar-refractivity contribution in [3.05, 3.63) is 22.7 Å². The summed E-state index contributed by atoms with van der Waals surface area (Å²) in [5.74, 6) is -0.405. The van der Waals surface area contributed by atoms with E-state index in [4.69, 9.17) is 17.3 Å². The Balaban J connectivity index is 1.97. The molecule has 2 aliphatic rings. The molecule has 3 atom stereocenters. The quantitative estimate of drug-likeness (QED) is 0.725. The number of hydrogen-bond acceptors (Lipinski definition) is 4. The van der Waals surface area contributed by atoms with Gasteiger partial charge < -0.3 is 20.8 Å². The predicted molar refractivity (Wildman–Crippen MR) is 77.3 cm³/mol. The number of halogens is 1. The molecular weight excluding hydrogens is 280 g/mol. The Hall–Kier alpha value is -1.46. The molecule has 3 rings (SSSR count). The standard InChI is InChI=1S/C14H17ClN2O3/c15-11-4-8(16)3-9(14(19)20)13(11)17-5-7-1-2-12(18)10(7)6-17/h3-4,7,10,12,18H,1-2,5-6,16H2,(H,19,20). The van der Waals surface area contributed by atoms with Crippen LogP contribution in [0.1, 0.15) is 23.2 Å². The van der Waals surface area contributed by atoms with Crippen molar-refractivity contribution < 1.29 is 15.0 Å². The highest BCUT2D eigenvalue weighted by Crippen LogP contribution is 2.43. The smallest absolute Gasteiger partial charge is 0.337 e. The molecule has 6 heteroatoms. The van der Waals surface area contributed by atoms with Crippen molar-refractivity contribution in [1.29, 1.82) is 0 Å². The minimum atomic E-state index is -1.04. The molecule has 4 N–H and O–H groups in total. The minimum absolute atomic E-state index is 0.129. The lowest BCUT2D eigenvalue weighted by Crippen LogP contribution is -2.26. The molecule has 1 aliphatic heterocycles. The SMILES string of the molecule is Nc1cc(Cl)c(N2CC3CCC(O)C3C2)c(C(=O)O)c1. The average Bonchev–Trinajstić information content (AvgIpc) is 2.91. The zero-order valence-electron chi connectivity index (χ0n) is 10.9. The number of carboxylic acid groups (broad SMARTS) is 1. The topological polar surface area (TPSA) is 86.8 Å². The van der Waals surface area contributed by atoms with E-state index in [1.807, 2.05) is 4.90 Å². The Morgan fingerprint density at radius 2 is 2.10 bits per heavy atom. The first-order valence-electron chi connectivity index (χ1n) is 6.72. The number of anilines is 2. The van der Waals surface area contributed by atoms with Gasteiger partial charge >= 0.3 is 5.97 Å². The van der Waals surface area contributed by atoms with Gasteiger partial charge in [0.15, 0.2) is 0 Å². The molecule has 1 aromatic rings. The van der Waals surface area contributed by atoms with Crippen LogP contribution in [0.25, 0.3) is 0 Å². The van der Waals surface area contributed by atoms with Gasteiger partial charge in [0.2, 0.25) is 0 Å². The Bertz CT molecular complexity index is 564. The Kier molecular flexibility index (Phi) is 3.26. The number of carbonyl (C=O) groups is 1. The zero-order chi connectivity index (χ0) is 14.4. The number of carboxylic acids is 1. The summed E-state index contributed by atoms with van der Waals surface area (Å²) >= 11 is 6.20. The van der Waals surface area contributed by atoms with E-state index >= 15 is 0 Å². The number of benzene rings is 1. The summed E-state index contributed by atoms with van der Waals surface area (Å²) in [6, 6.07) is 3.02. The average molecular weight is 297 g/mol. The van der Waals surface area contributed by atoms with Crippen LogP contribution in [0, 0.1) is 11.8 Å². The number of nitrogens with two attached hydrogens (primary N) is 1. The van der Waals surface area contributed by atoms with Crippen molar-refractivity contribution in [3.8, 4) is 0 Å². The van der Waals surface area contributed by atoms with E-state index in [1.165, 1.54) is 6.07 Å². The number of aliphatic hydroxyl groups is 1. The summed E-state index contributed by atoms with van der Waals surface area (Å²) in [5, 5.41) is 19.7. The highest BCUT2D eigenvalue weighted by Gasteiger charge is 2.43. The van der Waals surface area contributed by atoms with Gasteiger partial charge in [-0.05, 0) is 30.9 Å². The first kappa shape index (κ1) is 13.5. The predicted octanol–water partition coefficient (Wildman–Crippen LogP) is 1.83. The summed E-state index contributed by atoms with van der Waals surface area (Å²) in [6.45, 7) is 1.39. The molecule has 2 fully saturated rings. The van der Waals surface area contributed by atoms with E-state index < -0.39 is 5.97 Å². The molecular formula is C14H17ClN2O3. The second-order valence-corrected chi connectivity index (χ2v) is 6.08. The molecule has 0 amide bonds. The van der Waals surface area contributed by atoms with Crippen molar-refractivity contribution in [2.75, 3.05) is 23.7 Å². The molecule has 20 heavy (non-hydrogen) atoms. The first-order valence-corrected chi connectivity index (χ1v) is 7.10. The number of rotatable bonds is 2. The molecule has 1 saturated heterocycles. The first-order chi connectivity index (χ1) is 9.47. The lowest BCUT2D eigenvalue weighted by Gasteiger charge is -2.24. The Morgan fingerprint density at radius 3 is 2.75 bits per heavy atom. The summed E-state index contributed by atoms with van der Waals surface area (Å²) in [4.78, 5) is 13.4.